The molecule has 0 saturated carbocycles. The molecule has 2 aromatic rings. The van der Waals surface area contributed by atoms with Crippen LogP contribution in [0.25, 0.3) is 0 Å². The highest BCUT2D eigenvalue weighted by Crippen LogP contribution is 2.22. The zero-order valence-corrected chi connectivity index (χ0v) is 13.5. The fraction of sp³-hybridized carbons (Fsp3) is 0.438. The van der Waals surface area contributed by atoms with Gasteiger partial charge in [0.25, 0.3) is 5.91 Å². The summed E-state index contributed by atoms with van der Waals surface area (Å²) in [5.41, 5.74) is 0.964. The summed E-state index contributed by atoms with van der Waals surface area (Å²) in [4.78, 5) is 23.8. The van der Waals surface area contributed by atoms with Gasteiger partial charge >= 0.3 is 0 Å². The molecule has 3 rings (SSSR count). The number of anilines is 1. The number of nitrogens with zero attached hydrogens (tertiary/aromatic N) is 3. The van der Waals surface area contributed by atoms with Crippen LogP contribution in [0.15, 0.2) is 29.9 Å². The second-order valence-corrected chi connectivity index (χ2v) is 6.55. The van der Waals surface area contributed by atoms with Gasteiger partial charge in [-0.25, -0.2) is 4.98 Å². The summed E-state index contributed by atoms with van der Waals surface area (Å²) in [6, 6.07) is 3.76. The average Bonchev–Trinajstić information content (AvgIpc) is 3.08. The first-order valence-electron chi connectivity index (χ1n) is 7.58. The van der Waals surface area contributed by atoms with Crippen LogP contribution < -0.4 is 10.2 Å². The van der Waals surface area contributed by atoms with Crippen molar-refractivity contribution in [3.63, 3.8) is 0 Å². The minimum Gasteiger partial charge on any atom is -0.355 e. The number of aryl methyl sites for hydroxylation is 1. The van der Waals surface area contributed by atoms with Crippen LogP contribution in [-0.4, -0.2) is 35.5 Å². The summed E-state index contributed by atoms with van der Waals surface area (Å²) < 4.78 is 0. The van der Waals surface area contributed by atoms with Crippen molar-refractivity contribution in [2.45, 2.75) is 19.8 Å². The molecule has 1 saturated heterocycles. The van der Waals surface area contributed by atoms with Crippen molar-refractivity contribution in [1.29, 1.82) is 0 Å². The molecule has 1 amide bonds. The molecule has 1 fully saturated rings. The second kappa shape index (κ2) is 6.87. The lowest BCUT2D eigenvalue weighted by Gasteiger charge is -2.34. The van der Waals surface area contributed by atoms with Gasteiger partial charge < -0.3 is 10.2 Å². The maximum Gasteiger partial charge on any atom is 0.261 e. The number of nitrogens with one attached hydrogen (secondary N) is 1. The van der Waals surface area contributed by atoms with Gasteiger partial charge in [0.1, 0.15) is 5.82 Å². The van der Waals surface area contributed by atoms with Gasteiger partial charge in [0.05, 0.1) is 10.6 Å². The van der Waals surface area contributed by atoms with E-state index in [2.05, 4.69) is 20.2 Å². The number of rotatable bonds is 4. The Hall–Kier alpha value is -1.95. The van der Waals surface area contributed by atoms with E-state index in [-0.39, 0.29) is 5.91 Å². The summed E-state index contributed by atoms with van der Waals surface area (Å²) >= 11 is 1.48. The third-order valence-corrected chi connectivity index (χ3v) is 4.84. The van der Waals surface area contributed by atoms with Crippen LogP contribution in [0.1, 0.15) is 28.2 Å². The van der Waals surface area contributed by atoms with E-state index in [1.54, 1.807) is 12.4 Å². The van der Waals surface area contributed by atoms with E-state index in [1.165, 1.54) is 11.3 Å². The van der Waals surface area contributed by atoms with Gasteiger partial charge in [-0.05, 0) is 37.1 Å². The average molecular weight is 316 g/mol. The largest absolute Gasteiger partial charge is 0.355 e. The van der Waals surface area contributed by atoms with Gasteiger partial charge in [-0.3, -0.25) is 9.78 Å². The predicted molar refractivity (Wildman–Crippen MR) is 88.4 cm³/mol. The van der Waals surface area contributed by atoms with Crippen LogP contribution in [-0.2, 0) is 0 Å². The zero-order valence-electron chi connectivity index (χ0n) is 12.7. The number of hydrogen-bond donors (Lipinski definition) is 1. The SMILES string of the molecule is Cc1nccnc1N1CCCC(CNC(=O)c2cccs2)C1. The molecule has 0 aromatic carbocycles. The number of aromatic nitrogens is 2. The Kier molecular flexibility index (Phi) is 4.68. The minimum atomic E-state index is 0.0304. The molecule has 3 heterocycles. The van der Waals surface area contributed by atoms with Crippen molar-refractivity contribution in [2.75, 3.05) is 24.5 Å². The zero-order chi connectivity index (χ0) is 15.4. The summed E-state index contributed by atoms with van der Waals surface area (Å²) in [5, 5.41) is 4.97. The third-order valence-electron chi connectivity index (χ3n) is 3.97. The number of amides is 1. The monoisotopic (exact) mass is 316 g/mol. The molecular weight excluding hydrogens is 296 g/mol. The molecule has 1 atom stereocenters. The standard InChI is InChI=1S/C16H20N4OS/c1-12-15(18-7-6-17-12)20-8-2-4-13(11-20)10-19-16(21)14-5-3-9-22-14/h3,5-7,9,13H,2,4,8,10-11H2,1H3,(H,19,21). The molecule has 5 nitrogen and oxygen atoms in total. The Morgan fingerprint density at radius 1 is 1.45 bits per heavy atom. The lowest BCUT2D eigenvalue weighted by molar-refractivity contribution is 0.0949. The van der Waals surface area contributed by atoms with E-state index in [1.807, 2.05) is 24.4 Å². The van der Waals surface area contributed by atoms with Crippen LogP contribution >= 0.6 is 11.3 Å². The van der Waals surface area contributed by atoms with E-state index in [4.69, 9.17) is 0 Å². The van der Waals surface area contributed by atoms with Crippen molar-refractivity contribution in [2.24, 2.45) is 5.92 Å². The van der Waals surface area contributed by atoms with Gasteiger partial charge in [0, 0.05) is 32.0 Å². The molecule has 22 heavy (non-hydrogen) atoms. The van der Waals surface area contributed by atoms with Crippen molar-refractivity contribution in [3.05, 3.63) is 40.5 Å². The van der Waals surface area contributed by atoms with Crippen molar-refractivity contribution >= 4 is 23.1 Å². The van der Waals surface area contributed by atoms with E-state index >= 15 is 0 Å². The molecule has 116 valence electrons. The van der Waals surface area contributed by atoms with E-state index in [0.29, 0.717) is 12.5 Å². The fourth-order valence-electron chi connectivity index (χ4n) is 2.87. The fourth-order valence-corrected chi connectivity index (χ4v) is 3.51. The first-order chi connectivity index (χ1) is 10.7. The Labute approximate surface area is 134 Å². The molecule has 0 radical (unpaired) electrons. The van der Waals surface area contributed by atoms with Crippen molar-refractivity contribution < 1.29 is 4.79 Å². The summed E-state index contributed by atoms with van der Waals surface area (Å²) in [7, 11) is 0. The molecule has 1 aliphatic heterocycles. The smallest absolute Gasteiger partial charge is 0.261 e. The molecule has 0 spiro atoms. The molecular formula is C16H20N4OS. The molecule has 1 aliphatic rings. The predicted octanol–water partition coefficient (Wildman–Crippen LogP) is 2.49. The van der Waals surface area contributed by atoms with Crippen LogP contribution in [0, 0.1) is 12.8 Å². The van der Waals surface area contributed by atoms with Gasteiger partial charge in [-0.1, -0.05) is 6.07 Å². The maximum atomic E-state index is 12.0. The quantitative estimate of drug-likeness (QED) is 0.941. The molecule has 2 aromatic heterocycles. The van der Waals surface area contributed by atoms with Crippen LogP contribution in [0.2, 0.25) is 0 Å². The third kappa shape index (κ3) is 3.44. The first-order valence-corrected chi connectivity index (χ1v) is 8.46. The van der Waals surface area contributed by atoms with Gasteiger partial charge in [0.15, 0.2) is 0 Å². The Morgan fingerprint density at radius 2 is 2.32 bits per heavy atom. The normalized spacial score (nSPS) is 18.2. The number of carbonyl (C=O) groups excluding carboxylic acids is 1. The number of thiophene rings is 1. The molecule has 1 unspecified atom stereocenters. The van der Waals surface area contributed by atoms with E-state index < -0.39 is 0 Å². The van der Waals surface area contributed by atoms with Crippen LogP contribution in [0.3, 0.4) is 0 Å². The van der Waals surface area contributed by atoms with Crippen molar-refractivity contribution in [1.82, 2.24) is 15.3 Å². The Morgan fingerprint density at radius 3 is 3.09 bits per heavy atom. The summed E-state index contributed by atoms with van der Waals surface area (Å²) in [6.07, 6.45) is 5.72. The van der Waals surface area contributed by atoms with Crippen LogP contribution in [0.4, 0.5) is 5.82 Å². The highest BCUT2D eigenvalue weighted by molar-refractivity contribution is 7.12. The number of carbonyl (C=O) groups is 1. The topological polar surface area (TPSA) is 58.1 Å². The van der Waals surface area contributed by atoms with Crippen LogP contribution in [0.5, 0.6) is 0 Å². The molecule has 1 N–H and O–H groups in total. The lowest BCUT2D eigenvalue weighted by Crippen LogP contribution is -2.41. The molecule has 0 aliphatic carbocycles. The number of piperidine rings is 1. The van der Waals surface area contributed by atoms with E-state index in [9.17, 15) is 4.79 Å². The number of hydrogen-bond acceptors (Lipinski definition) is 5. The highest BCUT2D eigenvalue weighted by atomic mass is 32.1. The summed E-state index contributed by atoms with van der Waals surface area (Å²) in [5.74, 6) is 1.46. The van der Waals surface area contributed by atoms with E-state index in [0.717, 1.165) is 42.3 Å². The molecule has 6 heteroatoms. The second-order valence-electron chi connectivity index (χ2n) is 5.61. The van der Waals surface area contributed by atoms with Gasteiger partial charge in [-0.2, -0.15) is 0 Å². The molecule has 0 bridgehead atoms. The Balaban J connectivity index is 1.57. The van der Waals surface area contributed by atoms with Gasteiger partial charge in [0.2, 0.25) is 0 Å². The first kappa shape index (κ1) is 15.0. The minimum absolute atomic E-state index is 0.0304. The Bertz CT molecular complexity index is 629. The summed E-state index contributed by atoms with van der Waals surface area (Å²) in [6.45, 7) is 4.64. The highest BCUT2D eigenvalue weighted by Gasteiger charge is 2.22. The van der Waals surface area contributed by atoms with Crippen molar-refractivity contribution in [3.8, 4) is 0 Å². The maximum absolute atomic E-state index is 12.0. The van der Waals surface area contributed by atoms with Gasteiger partial charge in [-0.15, -0.1) is 11.3 Å². The lowest BCUT2D eigenvalue weighted by atomic mass is 9.98.